The maximum absolute atomic E-state index is 10.9. The first kappa shape index (κ1) is 13.5. The summed E-state index contributed by atoms with van der Waals surface area (Å²) in [5.41, 5.74) is 0. The summed E-state index contributed by atoms with van der Waals surface area (Å²) in [6, 6.07) is 0. The molecule has 7 heteroatoms. The Morgan fingerprint density at radius 2 is 1.79 bits per heavy atom. The van der Waals surface area contributed by atoms with Crippen molar-refractivity contribution in [3.8, 4) is 0 Å². The van der Waals surface area contributed by atoms with Crippen molar-refractivity contribution in [2.75, 3.05) is 20.3 Å². The number of ether oxygens (including phenoxy) is 3. The molecule has 1 aliphatic rings. The van der Waals surface area contributed by atoms with Crippen LogP contribution in [0, 0.1) is 0 Å². The van der Waals surface area contributed by atoms with Gasteiger partial charge in [-0.25, -0.2) is 4.79 Å². The molecule has 0 aromatic carbocycles. The van der Waals surface area contributed by atoms with Gasteiger partial charge in [0, 0.05) is 0 Å². The molecular weight excluding hydrogens is 187 g/mol. The molecule has 0 bridgehead atoms. The largest absolute Gasteiger partial charge is 1.00 e. The number of carboxylic acids is 1. The van der Waals surface area contributed by atoms with Gasteiger partial charge in [0.2, 0.25) is 0 Å². The molecule has 0 amide bonds. The summed E-state index contributed by atoms with van der Waals surface area (Å²) in [5, 5.41) is 10.3. The van der Waals surface area contributed by atoms with E-state index >= 15 is 0 Å². The van der Waals surface area contributed by atoms with Crippen molar-refractivity contribution < 1.29 is 47.8 Å². The van der Waals surface area contributed by atoms with E-state index in [1.165, 1.54) is 7.11 Å². The van der Waals surface area contributed by atoms with E-state index in [1.54, 1.807) is 0 Å². The molecule has 74 valence electrons. The Hall–Kier alpha value is -0.543. The van der Waals surface area contributed by atoms with Gasteiger partial charge in [0.05, 0.1) is 26.3 Å². The van der Waals surface area contributed by atoms with Crippen molar-refractivity contribution in [1.29, 1.82) is 0 Å². The first-order valence-electron chi connectivity index (χ1n) is 3.67. The number of methoxy groups -OCH3 is 1. The third kappa shape index (κ3) is 3.31. The maximum Gasteiger partial charge on any atom is 1.00 e. The number of carbonyl (C=O) groups is 2. The Morgan fingerprint density at radius 1 is 1.29 bits per heavy atom. The Labute approximate surface area is 92.7 Å². The molecule has 0 N–H and O–H groups in total. The normalized spacial score (nSPS) is 26.1. The summed E-state index contributed by atoms with van der Waals surface area (Å²) in [4.78, 5) is 21.1. The van der Waals surface area contributed by atoms with Crippen molar-refractivity contribution in [3.05, 3.63) is 0 Å². The van der Waals surface area contributed by atoms with Gasteiger partial charge in [0.1, 0.15) is 6.10 Å². The molecule has 14 heavy (non-hydrogen) atoms. The molecule has 1 saturated heterocycles. The molecule has 0 aromatic rings. The molecule has 0 saturated carbocycles. The van der Waals surface area contributed by atoms with Crippen LogP contribution >= 0.6 is 0 Å². The van der Waals surface area contributed by atoms with Crippen LogP contribution in [-0.4, -0.2) is 44.5 Å². The fraction of sp³-hybridized carbons (Fsp3) is 0.714. The summed E-state index contributed by atoms with van der Waals surface area (Å²) in [7, 11) is 1.22. The first-order valence-corrected chi connectivity index (χ1v) is 3.67. The number of carbonyl (C=O) groups excluding carboxylic acids is 2. The van der Waals surface area contributed by atoms with E-state index in [-0.39, 0.29) is 32.1 Å². The Kier molecular flexibility index (Phi) is 5.80. The Morgan fingerprint density at radius 3 is 2.14 bits per heavy atom. The van der Waals surface area contributed by atoms with Crippen LogP contribution in [0.4, 0.5) is 0 Å². The zero-order chi connectivity index (χ0) is 9.84. The summed E-state index contributed by atoms with van der Waals surface area (Å²) in [6.45, 7) is -0.312. The minimum absolute atomic E-state index is 0. The maximum atomic E-state index is 10.9. The second-order valence-corrected chi connectivity index (χ2v) is 2.49. The molecule has 0 radical (unpaired) electrons. The zero-order valence-corrected chi connectivity index (χ0v) is 8.02. The standard InChI is InChI=1S/C7H10O6.Li/c1-11-7(10)5-3-12-4(2-13-5)6(8)9;/h4-5H,2-3H2,1H3,(H,8,9);/q;+1/p-1/t4-,5+;/m1./s1. The van der Waals surface area contributed by atoms with Crippen LogP contribution in [0.1, 0.15) is 0 Å². The van der Waals surface area contributed by atoms with Gasteiger partial charge in [0.15, 0.2) is 6.10 Å². The van der Waals surface area contributed by atoms with Crippen LogP contribution in [0.2, 0.25) is 0 Å². The molecule has 2 atom stereocenters. The molecule has 1 rings (SSSR count). The van der Waals surface area contributed by atoms with E-state index in [0.717, 1.165) is 0 Å². The monoisotopic (exact) mass is 196 g/mol. The second-order valence-electron chi connectivity index (χ2n) is 2.49. The average Bonchev–Trinajstić information content (AvgIpc) is 2.17. The predicted octanol–water partition coefficient (Wildman–Crippen LogP) is -5.30. The number of rotatable bonds is 2. The van der Waals surface area contributed by atoms with Crippen LogP contribution in [0.3, 0.4) is 0 Å². The quantitative estimate of drug-likeness (QED) is 0.324. The second kappa shape index (κ2) is 6.04. The van der Waals surface area contributed by atoms with Gasteiger partial charge in [-0.3, -0.25) is 0 Å². The Balaban J connectivity index is 0.00000169. The van der Waals surface area contributed by atoms with Gasteiger partial charge in [-0.05, 0) is 0 Å². The minimum atomic E-state index is -1.34. The van der Waals surface area contributed by atoms with Gasteiger partial charge in [-0.1, -0.05) is 0 Å². The van der Waals surface area contributed by atoms with Gasteiger partial charge in [-0.15, -0.1) is 0 Å². The number of hydrogen-bond acceptors (Lipinski definition) is 6. The van der Waals surface area contributed by atoms with E-state index in [2.05, 4.69) is 4.74 Å². The molecular formula is C7H9LiO6. The van der Waals surface area contributed by atoms with Gasteiger partial charge < -0.3 is 24.1 Å². The summed E-state index contributed by atoms with van der Waals surface area (Å²) >= 11 is 0. The van der Waals surface area contributed by atoms with Crippen LogP contribution in [0.25, 0.3) is 0 Å². The minimum Gasteiger partial charge on any atom is -0.547 e. The molecule has 1 fully saturated rings. The van der Waals surface area contributed by atoms with Crippen molar-refractivity contribution in [2.45, 2.75) is 12.2 Å². The van der Waals surface area contributed by atoms with E-state index in [0.29, 0.717) is 0 Å². The Bertz CT molecular complexity index is 210. The SMILES string of the molecule is COC(=O)[C@@H]1CO[C@@H](C(=O)[O-])CO1.[Li+]. The van der Waals surface area contributed by atoms with E-state index in [9.17, 15) is 14.7 Å². The van der Waals surface area contributed by atoms with Crippen LogP contribution in [0.15, 0.2) is 0 Å². The number of esters is 1. The topological polar surface area (TPSA) is 84.9 Å². The third-order valence-corrected chi connectivity index (χ3v) is 1.62. The molecule has 0 aliphatic carbocycles. The van der Waals surface area contributed by atoms with Crippen molar-refractivity contribution in [2.24, 2.45) is 0 Å². The van der Waals surface area contributed by atoms with Gasteiger partial charge in [-0.2, -0.15) is 0 Å². The van der Waals surface area contributed by atoms with E-state index in [4.69, 9.17) is 9.47 Å². The van der Waals surface area contributed by atoms with Crippen LogP contribution < -0.4 is 24.0 Å². The van der Waals surface area contributed by atoms with E-state index < -0.39 is 24.1 Å². The van der Waals surface area contributed by atoms with E-state index in [1.807, 2.05) is 0 Å². The fourth-order valence-corrected chi connectivity index (χ4v) is 0.907. The first-order chi connectivity index (χ1) is 6.15. The predicted molar refractivity (Wildman–Crippen MR) is 36.5 cm³/mol. The molecule has 0 spiro atoms. The van der Waals surface area contributed by atoms with Crippen molar-refractivity contribution >= 4 is 11.9 Å². The third-order valence-electron chi connectivity index (χ3n) is 1.62. The summed E-state index contributed by atoms with van der Waals surface area (Å²) in [6.07, 6.45) is -1.93. The number of carboxylic acid groups (broad SMARTS) is 1. The number of hydrogen-bond donors (Lipinski definition) is 0. The number of aliphatic carboxylic acids is 1. The van der Waals surface area contributed by atoms with Crippen LogP contribution in [-0.2, 0) is 23.8 Å². The molecule has 0 unspecified atom stereocenters. The smallest absolute Gasteiger partial charge is 0.547 e. The summed E-state index contributed by atoms with van der Waals surface area (Å²) < 4.78 is 14.0. The van der Waals surface area contributed by atoms with Crippen LogP contribution in [0.5, 0.6) is 0 Å². The van der Waals surface area contributed by atoms with Gasteiger partial charge in [0.25, 0.3) is 0 Å². The molecule has 0 aromatic heterocycles. The van der Waals surface area contributed by atoms with Crippen molar-refractivity contribution in [1.82, 2.24) is 0 Å². The fourth-order valence-electron chi connectivity index (χ4n) is 0.907. The zero-order valence-electron chi connectivity index (χ0n) is 8.02. The average molecular weight is 196 g/mol. The molecule has 1 heterocycles. The van der Waals surface area contributed by atoms with Crippen molar-refractivity contribution in [3.63, 3.8) is 0 Å². The molecule has 1 aliphatic heterocycles. The van der Waals surface area contributed by atoms with Gasteiger partial charge >= 0.3 is 24.8 Å². The molecule has 6 nitrogen and oxygen atoms in total. The summed E-state index contributed by atoms with van der Waals surface area (Å²) in [5.74, 6) is -1.92.